The van der Waals surface area contributed by atoms with Crippen LogP contribution in [0.3, 0.4) is 0 Å². The van der Waals surface area contributed by atoms with Gasteiger partial charge >= 0.3 is 0 Å². The molecule has 0 spiro atoms. The van der Waals surface area contributed by atoms with Crippen molar-refractivity contribution >= 4 is 23.3 Å². The molecule has 2 amide bonds. The summed E-state index contributed by atoms with van der Waals surface area (Å²) in [6.45, 7) is 0. The van der Waals surface area contributed by atoms with Crippen LogP contribution in [0.15, 0.2) is 65.5 Å². The number of nitrogen functional groups attached to an aromatic ring is 1. The molecule has 0 fully saturated rings. The Kier molecular flexibility index (Phi) is 4.49. The van der Waals surface area contributed by atoms with Gasteiger partial charge in [-0.1, -0.05) is 18.2 Å². The van der Waals surface area contributed by atoms with Crippen LogP contribution in [0.25, 0.3) is 17.1 Å². The summed E-state index contributed by atoms with van der Waals surface area (Å²) in [6, 6.07) is 12.3. The number of anilines is 2. The highest BCUT2D eigenvalue weighted by molar-refractivity contribution is 6.07. The SMILES string of the molecule is NC(=O)c1nn(-c2ccccc2)cc1NC(=O)c1coc(-c2ccnc(N)c2)n1. The minimum Gasteiger partial charge on any atom is -0.444 e. The van der Waals surface area contributed by atoms with Gasteiger partial charge in [0.1, 0.15) is 12.1 Å². The molecule has 3 heterocycles. The lowest BCUT2D eigenvalue weighted by Crippen LogP contribution is -2.18. The van der Waals surface area contributed by atoms with E-state index in [1.165, 1.54) is 23.3 Å². The van der Waals surface area contributed by atoms with E-state index in [0.29, 0.717) is 17.1 Å². The van der Waals surface area contributed by atoms with Gasteiger partial charge in [-0.2, -0.15) is 5.10 Å². The molecule has 1 aromatic carbocycles. The Balaban J connectivity index is 1.60. The summed E-state index contributed by atoms with van der Waals surface area (Å²) < 4.78 is 6.80. The molecule has 0 aliphatic carbocycles. The number of benzene rings is 1. The van der Waals surface area contributed by atoms with Crippen LogP contribution in [0, 0.1) is 0 Å². The third-order valence-corrected chi connectivity index (χ3v) is 3.98. The fourth-order valence-electron chi connectivity index (χ4n) is 2.64. The second-order valence-corrected chi connectivity index (χ2v) is 6.00. The van der Waals surface area contributed by atoms with E-state index in [0.717, 1.165) is 0 Å². The lowest BCUT2D eigenvalue weighted by molar-refractivity contribution is 0.0996. The number of amides is 2. The van der Waals surface area contributed by atoms with Gasteiger partial charge in [0, 0.05) is 11.8 Å². The van der Waals surface area contributed by atoms with Gasteiger partial charge in [-0.15, -0.1) is 0 Å². The highest BCUT2D eigenvalue weighted by Crippen LogP contribution is 2.21. The van der Waals surface area contributed by atoms with Crippen LogP contribution in [0.4, 0.5) is 11.5 Å². The molecule has 5 N–H and O–H groups in total. The number of para-hydroxylation sites is 1. The Labute approximate surface area is 164 Å². The van der Waals surface area contributed by atoms with E-state index in [2.05, 4.69) is 20.4 Å². The average molecular weight is 389 g/mol. The lowest BCUT2D eigenvalue weighted by Gasteiger charge is -2.00. The number of hydrogen-bond donors (Lipinski definition) is 3. The van der Waals surface area contributed by atoms with Crippen molar-refractivity contribution in [3.63, 3.8) is 0 Å². The van der Waals surface area contributed by atoms with Crippen molar-refractivity contribution in [2.75, 3.05) is 11.1 Å². The molecule has 144 valence electrons. The largest absolute Gasteiger partial charge is 0.444 e. The monoisotopic (exact) mass is 389 g/mol. The van der Waals surface area contributed by atoms with Crippen molar-refractivity contribution in [3.8, 4) is 17.1 Å². The molecular formula is C19H15N7O3. The first-order chi connectivity index (χ1) is 14.0. The van der Waals surface area contributed by atoms with Crippen molar-refractivity contribution < 1.29 is 14.0 Å². The van der Waals surface area contributed by atoms with E-state index < -0.39 is 11.8 Å². The van der Waals surface area contributed by atoms with Gasteiger partial charge in [0.15, 0.2) is 11.4 Å². The van der Waals surface area contributed by atoms with Crippen molar-refractivity contribution in [1.29, 1.82) is 0 Å². The third kappa shape index (κ3) is 3.67. The van der Waals surface area contributed by atoms with E-state index in [9.17, 15) is 9.59 Å². The quantitative estimate of drug-likeness (QED) is 0.470. The average Bonchev–Trinajstić information content (AvgIpc) is 3.36. The Morgan fingerprint density at radius 1 is 1.14 bits per heavy atom. The second kappa shape index (κ2) is 7.27. The van der Waals surface area contributed by atoms with Gasteiger partial charge in [0.25, 0.3) is 11.8 Å². The maximum Gasteiger partial charge on any atom is 0.277 e. The standard InChI is InChI=1S/C19H15N7O3/c20-15-8-11(6-7-22-15)19-24-14(10-29-19)18(28)23-13-9-26(25-16(13)17(21)27)12-4-2-1-3-5-12/h1-10H,(H2,20,22)(H2,21,27)(H,23,28). The van der Waals surface area contributed by atoms with Gasteiger partial charge in [-0.25, -0.2) is 14.6 Å². The summed E-state index contributed by atoms with van der Waals surface area (Å²) >= 11 is 0. The van der Waals surface area contributed by atoms with Gasteiger partial charge in [-0.05, 0) is 24.3 Å². The van der Waals surface area contributed by atoms with E-state index in [4.69, 9.17) is 15.9 Å². The van der Waals surface area contributed by atoms with Crippen LogP contribution < -0.4 is 16.8 Å². The minimum atomic E-state index is -0.775. The molecule has 4 rings (SSSR count). The zero-order valence-corrected chi connectivity index (χ0v) is 14.9. The molecule has 10 heteroatoms. The number of carbonyl (C=O) groups excluding carboxylic acids is 2. The van der Waals surface area contributed by atoms with E-state index in [-0.39, 0.29) is 23.0 Å². The van der Waals surface area contributed by atoms with Crippen molar-refractivity contribution in [3.05, 3.63) is 72.5 Å². The maximum atomic E-state index is 12.6. The van der Waals surface area contributed by atoms with Gasteiger partial charge < -0.3 is 21.2 Å². The van der Waals surface area contributed by atoms with Crippen LogP contribution >= 0.6 is 0 Å². The smallest absolute Gasteiger partial charge is 0.277 e. The molecule has 0 unspecified atom stereocenters. The van der Waals surface area contributed by atoms with Crippen LogP contribution in [-0.2, 0) is 0 Å². The van der Waals surface area contributed by atoms with Crippen LogP contribution in [0.2, 0.25) is 0 Å². The number of nitrogens with one attached hydrogen (secondary N) is 1. The number of hydrogen-bond acceptors (Lipinski definition) is 7. The summed E-state index contributed by atoms with van der Waals surface area (Å²) in [5.41, 5.74) is 12.4. The van der Waals surface area contributed by atoms with Crippen LogP contribution in [-0.4, -0.2) is 31.6 Å². The fraction of sp³-hybridized carbons (Fsp3) is 0. The number of nitrogens with two attached hydrogens (primary N) is 2. The minimum absolute atomic E-state index is 0.0123. The van der Waals surface area contributed by atoms with E-state index in [1.54, 1.807) is 24.3 Å². The number of primary amides is 1. The van der Waals surface area contributed by atoms with E-state index >= 15 is 0 Å². The van der Waals surface area contributed by atoms with E-state index in [1.807, 2.05) is 18.2 Å². The number of pyridine rings is 1. The Morgan fingerprint density at radius 2 is 1.93 bits per heavy atom. The molecule has 0 aliphatic rings. The number of aromatic nitrogens is 4. The van der Waals surface area contributed by atoms with Crippen LogP contribution in [0.1, 0.15) is 21.0 Å². The number of oxazole rings is 1. The Morgan fingerprint density at radius 3 is 2.66 bits per heavy atom. The summed E-state index contributed by atoms with van der Waals surface area (Å²) in [5, 5.41) is 6.74. The first kappa shape index (κ1) is 17.9. The summed E-state index contributed by atoms with van der Waals surface area (Å²) in [5.74, 6) is -0.856. The number of nitrogens with zero attached hydrogens (tertiary/aromatic N) is 4. The third-order valence-electron chi connectivity index (χ3n) is 3.98. The highest BCUT2D eigenvalue weighted by Gasteiger charge is 2.20. The zero-order valence-electron chi connectivity index (χ0n) is 14.9. The normalized spacial score (nSPS) is 10.6. The van der Waals surface area contributed by atoms with Gasteiger partial charge in [0.2, 0.25) is 5.89 Å². The predicted molar refractivity (Wildman–Crippen MR) is 104 cm³/mol. The van der Waals surface area contributed by atoms with Crippen molar-refractivity contribution in [1.82, 2.24) is 19.7 Å². The zero-order chi connectivity index (χ0) is 20.4. The molecule has 0 saturated carbocycles. The van der Waals surface area contributed by atoms with Gasteiger partial charge in [-0.3, -0.25) is 9.59 Å². The predicted octanol–water partition coefficient (Wildman–Crippen LogP) is 1.86. The summed E-state index contributed by atoms with van der Waals surface area (Å²) in [4.78, 5) is 32.4. The maximum absolute atomic E-state index is 12.6. The molecule has 0 saturated heterocycles. The number of carbonyl (C=O) groups is 2. The molecule has 0 radical (unpaired) electrons. The molecular weight excluding hydrogens is 374 g/mol. The first-order valence-corrected chi connectivity index (χ1v) is 8.45. The molecule has 0 atom stereocenters. The Hall–Kier alpha value is -4.47. The van der Waals surface area contributed by atoms with Gasteiger partial charge in [0.05, 0.1) is 17.6 Å². The molecule has 10 nitrogen and oxygen atoms in total. The molecule has 29 heavy (non-hydrogen) atoms. The fourth-order valence-corrected chi connectivity index (χ4v) is 2.64. The summed E-state index contributed by atoms with van der Waals surface area (Å²) in [6.07, 6.45) is 4.20. The highest BCUT2D eigenvalue weighted by atomic mass is 16.3. The molecule has 4 aromatic rings. The van der Waals surface area contributed by atoms with Crippen molar-refractivity contribution in [2.24, 2.45) is 5.73 Å². The van der Waals surface area contributed by atoms with Crippen molar-refractivity contribution in [2.45, 2.75) is 0 Å². The second-order valence-electron chi connectivity index (χ2n) is 6.00. The Bertz CT molecular complexity index is 1200. The molecule has 0 bridgehead atoms. The molecule has 0 aliphatic heterocycles. The first-order valence-electron chi connectivity index (χ1n) is 8.45. The summed E-state index contributed by atoms with van der Waals surface area (Å²) in [7, 11) is 0. The number of rotatable bonds is 5. The molecule has 3 aromatic heterocycles. The topological polar surface area (TPSA) is 155 Å². The van der Waals surface area contributed by atoms with Crippen LogP contribution in [0.5, 0.6) is 0 Å². The lowest BCUT2D eigenvalue weighted by atomic mass is 10.2.